The second-order valence-corrected chi connectivity index (χ2v) is 4.19. The summed E-state index contributed by atoms with van der Waals surface area (Å²) in [5, 5.41) is 11.7. The van der Waals surface area contributed by atoms with Crippen LogP contribution in [-0.2, 0) is 16.5 Å². The van der Waals surface area contributed by atoms with Crippen molar-refractivity contribution in [1.29, 1.82) is 0 Å². The van der Waals surface area contributed by atoms with Gasteiger partial charge in [0.05, 0.1) is 6.42 Å². The van der Waals surface area contributed by atoms with E-state index >= 15 is 0 Å². The zero-order valence-corrected chi connectivity index (χ0v) is 10.2. The molecular formula is C13H11BrO2. The Balaban J connectivity index is 2.67. The molecule has 0 heterocycles. The summed E-state index contributed by atoms with van der Waals surface area (Å²) in [6.07, 6.45) is 0.0717. The molecule has 2 nitrogen and oxygen atoms in total. The smallest absolute Gasteiger partial charge is 0.307 e. The van der Waals surface area contributed by atoms with E-state index in [4.69, 9.17) is 5.11 Å². The lowest BCUT2D eigenvalue weighted by Crippen LogP contribution is -2.03. The third-order valence-corrected chi connectivity index (χ3v) is 3.21. The minimum atomic E-state index is -0.793. The van der Waals surface area contributed by atoms with Gasteiger partial charge in [0.2, 0.25) is 0 Å². The Hall–Kier alpha value is -1.35. The van der Waals surface area contributed by atoms with Crippen LogP contribution < -0.4 is 0 Å². The molecule has 0 spiro atoms. The van der Waals surface area contributed by atoms with Crippen molar-refractivity contribution in [3.05, 3.63) is 47.5 Å². The van der Waals surface area contributed by atoms with E-state index < -0.39 is 5.97 Å². The van der Waals surface area contributed by atoms with E-state index in [-0.39, 0.29) is 6.42 Å². The van der Waals surface area contributed by atoms with Crippen molar-refractivity contribution in [2.45, 2.75) is 11.8 Å². The van der Waals surface area contributed by atoms with Crippen molar-refractivity contribution >= 4 is 32.7 Å². The standard InChI is InChI=1S/C13H11BrO2/c14-8-10-6-5-9-3-1-2-4-11(9)12(10)7-13(15)16/h1-6H,7-8H2,(H,15,16). The summed E-state index contributed by atoms with van der Waals surface area (Å²) in [7, 11) is 0. The summed E-state index contributed by atoms with van der Waals surface area (Å²) < 4.78 is 0. The lowest BCUT2D eigenvalue weighted by Gasteiger charge is -2.09. The van der Waals surface area contributed by atoms with Crippen molar-refractivity contribution in [3.63, 3.8) is 0 Å². The van der Waals surface area contributed by atoms with Crippen molar-refractivity contribution in [2.24, 2.45) is 0 Å². The second-order valence-electron chi connectivity index (χ2n) is 3.63. The largest absolute Gasteiger partial charge is 0.481 e. The maximum absolute atomic E-state index is 10.9. The van der Waals surface area contributed by atoms with Crippen LogP contribution in [-0.4, -0.2) is 11.1 Å². The molecule has 16 heavy (non-hydrogen) atoms. The first-order chi connectivity index (χ1) is 7.72. The van der Waals surface area contributed by atoms with Crippen LogP contribution in [0.15, 0.2) is 36.4 Å². The number of aliphatic carboxylic acids is 1. The van der Waals surface area contributed by atoms with Gasteiger partial charge in [0.1, 0.15) is 0 Å². The van der Waals surface area contributed by atoms with Gasteiger partial charge in [-0.3, -0.25) is 4.79 Å². The van der Waals surface area contributed by atoms with Crippen LogP contribution in [0.3, 0.4) is 0 Å². The van der Waals surface area contributed by atoms with Crippen LogP contribution in [0.2, 0.25) is 0 Å². The number of halogens is 1. The first-order valence-electron chi connectivity index (χ1n) is 4.99. The van der Waals surface area contributed by atoms with E-state index in [9.17, 15) is 4.79 Å². The van der Waals surface area contributed by atoms with Gasteiger partial charge in [0.15, 0.2) is 0 Å². The van der Waals surface area contributed by atoms with E-state index in [1.807, 2.05) is 36.4 Å². The van der Waals surface area contributed by atoms with Gasteiger partial charge in [-0.25, -0.2) is 0 Å². The zero-order valence-electron chi connectivity index (χ0n) is 8.61. The molecule has 0 unspecified atom stereocenters. The number of hydrogen-bond donors (Lipinski definition) is 1. The van der Waals surface area contributed by atoms with Crippen LogP contribution in [0.5, 0.6) is 0 Å². The number of carbonyl (C=O) groups is 1. The second kappa shape index (κ2) is 4.66. The Kier molecular flexibility index (Phi) is 3.25. The minimum absolute atomic E-state index is 0.0717. The molecule has 0 amide bonds. The Morgan fingerprint density at radius 2 is 1.94 bits per heavy atom. The fraction of sp³-hybridized carbons (Fsp3) is 0.154. The molecule has 0 atom stereocenters. The predicted octanol–water partition coefficient (Wildman–Crippen LogP) is 3.36. The van der Waals surface area contributed by atoms with Gasteiger partial charge < -0.3 is 5.11 Å². The molecule has 2 rings (SSSR count). The molecule has 0 fully saturated rings. The number of carboxylic acids is 1. The highest BCUT2D eigenvalue weighted by Gasteiger charge is 2.09. The SMILES string of the molecule is O=C(O)Cc1c(CBr)ccc2ccccc12. The van der Waals surface area contributed by atoms with Gasteiger partial charge in [-0.2, -0.15) is 0 Å². The molecule has 2 aromatic rings. The highest BCUT2D eigenvalue weighted by atomic mass is 79.9. The van der Waals surface area contributed by atoms with Crippen LogP contribution in [0.25, 0.3) is 10.8 Å². The monoisotopic (exact) mass is 278 g/mol. The fourth-order valence-corrected chi connectivity index (χ4v) is 2.39. The van der Waals surface area contributed by atoms with Gasteiger partial charge in [-0.15, -0.1) is 0 Å². The van der Waals surface area contributed by atoms with Gasteiger partial charge in [0.25, 0.3) is 0 Å². The van der Waals surface area contributed by atoms with Gasteiger partial charge in [0, 0.05) is 5.33 Å². The van der Waals surface area contributed by atoms with E-state index in [1.54, 1.807) is 0 Å². The van der Waals surface area contributed by atoms with Crippen molar-refractivity contribution in [3.8, 4) is 0 Å². The van der Waals surface area contributed by atoms with Crippen LogP contribution in [0, 0.1) is 0 Å². The van der Waals surface area contributed by atoms with Gasteiger partial charge >= 0.3 is 5.97 Å². The van der Waals surface area contributed by atoms with Crippen LogP contribution in [0.1, 0.15) is 11.1 Å². The Morgan fingerprint density at radius 1 is 1.19 bits per heavy atom. The third-order valence-electron chi connectivity index (χ3n) is 2.61. The molecule has 1 N–H and O–H groups in total. The molecule has 0 saturated carbocycles. The van der Waals surface area contributed by atoms with Crippen LogP contribution >= 0.6 is 15.9 Å². The minimum Gasteiger partial charge on any atom is -0.481 e. The van der Waals surface area contributed by atoms with E-state index in [2.05, 4.69) is 15.9 Å². The first-order valence-corrected chi connectivity index (χ1v) is 6.12. The highest BCUT2D eigenvalue weighted by Crippen LogP contribution is 2.24. The number of rotatable bonds is 3. The summed E-state index contributed by atoms with van der Waals surface area (Å²) >= 11 is 3.39. The first kappa shape index (κ1) is 11.1. The number of fused-ring (bicyclic) bond motifs is 1. The quantitative estimate of drug-likeness (QED) is 0.875. The molecule has 0 aliphatic rings. The molecule has 0 bridgehead atoms. The molecule has 0 aromatic heterocycles. The predicted molar refractivity (Wildman–Crippen MR) is 67.9 cm³/mol. The molecule has 3 heteroatoms. The fourth-order valence-electron chi connectivity index (χ4n) is 1.87. The third kappa shape index (κ3) is 2.09. The lowest BCUT2D eigenvalue weighted by atomic mass is 9.97. The topological polar surface area (TPSA) is 37.3 Å². The summed E-state index contributed by atoms with van der Waals surface area (Å²) in [6, 6.07) is 11.9. The summed E-state index contributed by atoms with van der Waals surface area (Å²) in [6.45, 7) is 0. The van der Waals surface area contributed by atoms with Crippen molar-refractivity contribution < 1.29 is 9.90 Å². The summed E-state index contributed by atoms with van der Waals surface area (Å²) in [5.74, 6) is -0.793. The average molecular weight is 279 g/mol. The van der Waals surface area contributed by atoms with Gasteiger partial charge in [-0.1, -0.05) is 52.3 Å². The average Bonchev–Trinajstić information content (AvgIpc) is 2.29. The zero-order chi connectivity index (χ0) is 11.5. The molecule has 0 saturated heterocycles. The van der Waals surface area contributed by atoms with Crippen molar-refractivity contribution in [2.75, 3.05) is 0 Å². The molecule has 82 valence electrons. The molecular weight excluding hydrogens is 268 g/mol. The summed E-state index contributed by atoms with van der Waals surface area (Å²) in [5.41, 5.74) is 1.95. The number of hydrogen-bond acceptors (Lipinski definition) is 1. The lowest BCUT2D eigenvalue weighted by molar-refractivity contribution is -0.136. The molecule has 2 aromatic carbocycles. The number of carboxylic acid groups (broad SMARTS) is 1. The maximum atomic E-state index is 10.9. The molecule has 0 radical (unpaired) electrons. The normalized spacial score (nSPS) is 10.6. The van der Waals surface area contributed by atoms with E-state index in [1.165, 1.54) is 0 Å². The summed E-state index contributed by atoms with van der Waals surface area (Å²) in [4.78, 5) is 10.9. The van der Waals surface area contributed by atoms with Gasteiger partial charge in [-0.05, 0) is 21.9 Å². The number of benzene rings is 2. The Morgan fingerprint density at radius 3 is 2.62 bits per heavy atom. The highest BCUT2D eigenvalue weighted by molar-refractivity contribution is 9.08. The molecule has 0 aliphatic heterocycles. The maximum Gasteiger partial charge on any atom is 0.307 e. The Bertz CT molecular complexity index is 534. The van der Waals surface area contributed by atoms with Crippen molar-refractivity contribution in [1.82, 2.24) is 0 Å². The van der Waals surface area contributed by atoms with E-state index in [0.717, 1.165) is 21.9 Å². The molecule has 0 aliphatic carbocycles. The van der Waals surface area contributed by atoms with E-state index in [0.29, 0.717) is 5.33 Å². The number of alkyl halides is 1. The Labute approximate surface area is 102 Å². The van der Waals surface area contributed by atoms with Crippen LogP contribution in [0.4, 0.5) is 0 Å².